The highest BCUT2D eigenvalue weighted by molar-refractivity contribution is 6.38. The molecule has 7 heteroatoms. The number of carbonyl (C=O) groups is 2. The molecular formula is C28H28ClN3O3. The highest BCUT2D eigenvalue weighted by atomic mass is 35.5. The Labute approximate surface area is 210 Å². The first-order valence-corrected chi connectivity index (χ1v) is 11.9. The van der Waals surface area contributed by atoms with Gasteiger partial charge >= 0.3 is 5.97 Å². The number of aliphatic carboxylic acids is 1. The number of carboxylic acid groups (broad SMARTS) is 1. The maximum atomic E-state index is 13.1. The number of fused-ring (bicyclic) bond motifs is 1. The normalized spacial score (nSPS) is 14.0. The second kappa shape index (κ2) is 10.8. The van der Waals surface area contributed by atoms with E-state index in [0.717, 1.165) is 36.2 Å². The monoisotopic (exact) mass is 489 g/mol. The van der Waals surface area contributed by atoms with Crippen molar-refractivity contribution in [2.24, 2.45) is 0 Å². The number of nitrogens with one attached hydrogen (secondary N) is 2. The molecule has 0 bridgehead atoms. The van der Waals surface area contributed by atoms with E-state index in [0.29, 0.717) is 27.5 Å². The summed E-state index contributed by atoms with van der Waals surface area (Å²) in [7, 11) is 4.13. The van der Waals surface area contributed by atoms with E-state index in [1.54, 1.807) is 24.3 Å². The molecule has 35 heavy (non-hydrogen) atoms. The van der Waals surface area contributed by atoms with Crippen LogP contribution in [0.25, 0.3) is 11.3 Å². The predicted octanol–water partition coefficient (Wildman–Crippen LogP) is 5.39. The van der Waals surface area contributed by atoms with Gasteiger partial charge in [0.05, 0.1) is 23.4 Å². The van der Waals surface area contributed by atoms with Gasteiger partial charge in [0.1, 0.15) is 0 Å². The molecule has 0 spiro atoms. The summed E-state index contributed by atoms with van der Waals surface area (Å²) in [6.45, 7) is 1.01. The number of benzene rings is 3. The first-order valence-electron chi connectivity index (χ1n) is 11.5. The molecule has 0 fully saturated rings. The molecule has 0 radical (unpaired) electrons. The van der Waals surface area contributed by atoms with Crippen LogP contribution in [0.5, 0.6) is 0 Å². The number of nitrogens with zero attached hydrogens (tertiary/aromatic N) is 1. The Hall–Kier alpha value is -3.61. The number of hydrogen-bond acceptors (Lipinski definition) is 4. The van der Waals surface area contributed by atoms with Gasteiger partial charge in [0.2, 0.25) is 0 Å². The first-order chi connectivity index (χ1) is 16.8. The molecule has 180 valence electrons. The zero-order valence-electron chi connectivity index (χ0n) is 19.8. The molecule has 1 amide bonds. The largest absolute Gasteiger partial charge is 0.481 e. The van der Waals surface area contributed by atoms with Gasteiger partial charge in [-0.15, -0.1) is 0 Å². The summed E-state index contributed by atoms with van der Waals surface area (Å²) in [5.41, 5.74) is 6.15. The Morgan fingerprint density at radius 1 is 1.03 bits per heavy atom. The number of aryl methyl sites for hydroxylation is 1. The van der Waals surface area contributed by atoms with Gasteiger partial charge in [-0.1, -0.05) is 54.1 Å². The van der Waals surface area contributed by atoms with E-state index in [-0.39, 0.29) is 12.3 Å². The van der Waals surface area contributed by atoms with Gasteiger partial charge in [-0.25, -0.2) is 0 Å². The lowest BCUT2D eigenvalue weighted by Crippen LogP contribution is -2.13. The molecule has 3 N–H and O–H groups in total. The zero-order valence-corrected chi connectivity index (χ0v) is 20.5. The van der Waals surface area contributed by atoms with Crippen molar-refractivity contribution in [3.63, 3.8) is 0 Å². The fourth-order valence-corrected chi connectivity index (χ4v) is 4.36. The third-order valence-corrected chi connectivity index (χ3v) is 6.08. The van der Waals surface area contributed by atoms with Gasteiger partial charge in [0.25, 0.3) is 5.91 Å². The highest BCUT2D eigenvalue weighted by Crippen LogP contribution is 2.39. The minimum Gasteiger partial charge on any atom is -0.481 e. The lowest BCUT2D eigenvalue weighted by atomic mass is 9.98. The maximum absolute atomic E-state index is 13.1. The predicted molar refractivity (Wildman–Crippen MR) is 142 cm³/mol. The molecule has 1 aliphatic rings. The van der Waals surface area contributed by atoms with Crippen molar-refractivity contribution in [1.82, 2.24) is 4.90 Å². The van der Waals surface area contributed by atoms with Gasteiger partial charge in [-0.05, 0) is 74.4 Å². The highest BCUT2D eigenvalue weighted by Gasteiger charge is 2.28. The molecule has 0 saturated heterocycles. The van der Waals surface area contributed by atoms with Gasteiger partial charge < -0.3 is 20.6 Å². The van der Waals surface area contributed by atoms with Gasteiger partial charge in [-0.2, -0.15) is 0 Å². The van der Waals surface area contributed by atoms with Crippen LogP contribution in [0, 0.1) is 0 Å². The van der Waals surface area contributed by atoms with Crippen molar-refractivity contribution in [3.8, 4) is 0 Å². The number of carboxylic acids is 1. The number of hydrogen-bond donors (Lipinski definition) is 3. The SMILES string of the molecule is CN(C)CCCc1cccc(N/C(=C2\C(=O)Nc3cc(Cl)ccc32)c2ccc(CC(=O)O)cc2)c1. The quantitative estimate of drug-likeness (QED) is 0.351. The summed E-state index contributed by atoms with van der Waals surface area (Å²) in [5, 5.41) is 16.0. The van der Waals surface area contributed by atoms with Gasteiger partial charge in [-0.3, -0.25) is 9.59 Å². The molecule has 6 nitrogen and oxygen atoms in total. The molecule has 0 aliphatic carbocycles. The van der Waals surface area contributed by atoms with Crippen LogP contribution >= 0.6 is 11.6 Å². The summed E-state index contributed by atoms with van der Waals surface area (Å²) in [5.74, 6) is -1.11. The zero-order chi connectivity index (χ0) is 24.9. The Morgan fingerprint density at radius 2 is 1.80 bits per heavy atom. The van der Waals surface area contributed by atoms with Crippen molar-refractivity contribution in [2.75, 3.05) is 31.3 Å². The van der Waals surface area contributed by atoms with Crippen LogP contribution in [-0.2, 0) is 22.4 Å². The maximum Gasteiger partial charge on any atom is 0.307 e. The van der Waals surface area contributed by atoms with E-state index in [9.17, 15) is 9.59 Å². The molecule has 4 rings (SSSR count). The number of rotatable bonds is 9. The van der Waals surface area contributed by atoms with Gasteiger partial charge in [0.15, 0.2) is 0 Å². The summed E-state index contributed by atoms with van der Waals surface area (Å²) in [6.07, 6.45) is 1.94. The minimum atomic E-state index is -0.887. The summed E-state index contributed by atoms with van der Waals surface area (Å²) < 4.78 is 0. The van der Waals surface area contributed by atoms with E-state index in [2.05, 4.69) is 41.8 Å². The van der Waals surface area contributed by atoms with Crippen molar-refractivity contribution >= 4 is 46.1 Å². The Balaban J connectivity index is 1.73. The van der Waals surface area contributed by atoms with Crippen molar-refractivity contribution < 1.29 is 14.7 Å². The van der Waals surface area contributed by atoms with E-state index in [1.807, 2.05) is 30.3 Å². The molecular weight excluding hydrogens is 462 g/mol. The van der Waals surface area contributed by atoms with E-state index in [4.69, 9.17) is 16.7 Å². The average Bonchev–Trinajstić information content (AvgIpc) is 3.12. The third kappa shape index (κ3) is 6.10. The number of amides is 1. The van der Waals surface area contributed by atoms with Crippen LogP contribution in [-0.4, -0.2) is 42.5 Å². The topological polar surface area (TPSA) is 81.7 Å². The summed E-state index contributed by atoms with van der Waals surface area (Å²) >= 11 is 6.15. The second-order valence-electron chi connectivity index (χ2n) is 8.89. The van der Waals surface area contributed by atoms with Crippen LogP contribution in [0.1, 0.15) is 28.7 Å². The van der Waals surface area contributed by atoms with Crippen LogP contribution in [0.2, 0.25) is 5.02 Å². The van der Waals surface area contributed by atoms with Crippen LogP contribution < -0.4 is 10.6 Å². The van der Waals surface area contributed by atoms with Crippen LogP contribution in [0.15, 0.2) is 66.7 Å². The number of halogens is 1. The molecule has 3 aromatic rings. The van der Waals surface area contributed by atoms with Crippen molar-refractivity contribution in [3.05, 3.63) is 94.0 Å². The molecule has 1 heterocycles. The summed E-state index contributed by atoms with van der Waals surface area (Å²) in [6, 6.07) is 20.8. The molecule has 0 atom stereocenters. The second-order valence-corrected chi connectivity index (χ2v) is 9.33. The lowest BCUT2D eigenvalue weighted by Gasteiger charge is -2.16. The van der Waals surface area contributed by atoms with Crippen molar-refractivity contribution in [1.29, 1.82) is 0 Å². The number of carbonyl (C=O) groups excluding carboxylic acids is 1. The molecule has 0 aromatic heterocycles. The first kappa shape index (κ1) is 24.5. The average molecular weight is 490 g/mol. The molecule has 0 unspecified atom stereocenters. The van der Waals surface area contributed by atoms with E-state index in [1.165, 1.54) is 5.56 Å². The molecule has 1 aliphatic heterocycles. The lowest BCUT2D eigenvalue weighted by molar-refractivity contribution is -0.136. The summed E-state index contributed by atoms with van der Waals surface area (Å²) in [4.78, 5) is 26.4. The van der Waals surface area contributed by atoms with Crippen LogP contribution in [0.4, 0.5) is 11.4 Å². The molecule has 3 aromatic carbocycles. The fourth-order valence-electron chi connectivity index (χ4n) is 4.18. The van der Waals surface area contributed by atoms with Gasteiger partial charge in [0, 0.05) is 16.3 Å². The van der Waals surface area contributed by atoms with E-state index < -0.39 is 5.97 Å². The number of anilines is 2. The Kier molecular flexibility index (Phi) is 7.54. The third-order valence-electron chi connectivity index (χ3n) is 5.84. The Morgan fingerprint density at radius 3 is 2.51 bits per heavy atom. The fraction of sp³-hybridized carbons (Fsp3) is 0.214. The minimum absolute atomic E-state index is 0.0591. The smallest absolute Gasteiger partial charge is 0.307 e. The standard InChI is InChI=1S/C28H28ClN3O3/c1-32(2)14-4-6-18-5-3-7-22(15-18)30-27(20-10-8-19(9-11-20)16-25(33)34)26-23-13-12-21(29)17-24(23)31-28(26)35/h3,5,7-13,15,17,30H,4,6,14,16H2,1-2H3,(H,31,35)(H,33,34)/b27-26-. The Bertz CT molecular complexity index is 1280. The van der Waals surface area contributed by atoms with Crippen LogP contribution in [0.3, 0.4) is 0 Å². The van der Waals surface area contributed by atoms with E-state index >= 15 is 0 Å². The molecule has 0 saturated carbocycles. The van der Waals surface area contributed by atoms with Crippen molar-refractivity contribution in [2.45, 2.75) is 19.3 Å².